The van der Waals surface area contributed by atoms with Crippen LogP contribution in [0.1, 0.15) is 42.5 Å². The third kappa shape index (κ3) is 4.43. The van der Waals surface area contributed by atoms with Gasteiger partial charge >= 0.3 is 0 Å². The van der Waals surface area contributed by atoms with Crippen molar-refractivity contribution in [2.75, 3.05) is 0 Å². The van der Waals surface area contributed by atoms with Gasteiger partial charge in [-0.25, -0.2) is 0 Å². The second-order valence-corrected chi connectivity index (χ2v) is 7.53. The molecule has 0 fully saturated rings. The second-order valence-electron chi connectivity index (χ2n) is 7.53. The van der Waals surface area contributed by atoms with Gasteiger partial charge in [-0.3, -0.25) is 14.9 Å². The van der Waals surface area contributed by atoms with Gasteiger partial charge in [0, 0.05) is 23.3 Å². The third-order valence-electron chi connectivity index (χ3n) is 4.42. The fourth-order valence-electron chi connectivity index (χ4n) is 2.73. The topological polar surface area (TPSA) is 73.3 Å². The highest BCUT2D eigenvalue weighted by atomic mass is 16.6. The molecule has 0 radical (unpaired) electrons. The zero-order valence-electron chi connectivity index (χ0n) is 16.0. The quantitative estimate of drug-likeness (QED) is 0.235. The Balaban J connectivity index is 1.71. The largest absolute Gasteiger partial charge is 0.457 e. The fraction of sp³-hybridized carbons (Fsp3) is 0.174. The summed E-state index contributed by atoms with van der Waals surface area (Å²) in [6.45, 7) is 6.38. The van der Waals surface area contributed by atoms with E-state index in [0.717, 1.165) is 5.56 Å². The van der Waals surface area contributed by atoms with Gasteiger partial charge < -0.3 is 4.42 Å². The average molecular weight is 375 g/mol. The predicted octanol–water partition coefficient (Wildman–Crippen LogP) is 6.05. The molecule has 3 rings (SSSR count). The number of nitro groups is 1. The van der Waals surface area contributed by atoms with E-state index < -0.39 is 4.92 Å². The molecule has 0 spiro atoms. The zero-order valence-corrected chi connectivity index (χ0v) is 16.0. The molecule has 0 saturated heterocycles. The van der Waals surface area contributed by atoms with Crippen molar-refractivity contribution in [3.05, 3.63) is 93.7 Å². The first-order valence-electron chi connectivity index (χ1n) is 8.92. The standard InChI is InChI=1S/C23H21NO4/c1-23(2,3)18-8-4-16(5-9-18)21(25)14-12-20-13-15-22(28-20)17-6-10-19(11-7-17)24(26)27/h4-15H,1-3H3/b14-12+. The van der Waals surface area contributed by atoms with E-state index in [2.05, 4.69) is 20.8 Å². The van der Waals surface area contributed by atoms with Crippen molar-refractivity contribution in [2.45, 2.75) is 26.2 Å². The van der Waals surface area contributed by atoms with Gasteiger partial charge in [0.05, 0.1) is 4.92 Å². The Morgan fingerprint density at radius 2 is 1.61 bits per heavy atom. The average Bonchev–Trinajstić information content (AvgIpc) is 3.14. The lowest BCUT2D eigenvalue weighted by Crippen LogP contribution is -2.11. The van der Waals surface area contributed by atoms with Crippen LogP contribution in [0, 0.1) is 10.1 Å². The Bertz CT molecular complexity index is 1020. The lowest BCUT2D eigenvalue weighted by molar-refractivity contribution is -0.384. The highest BCUT2D eigenvalue weighted by Gasteiger charge is 2.14. The van der Waals surface area contributed by atoms with Crippen LogP contribution in [0.5, 0.6) is 0 Å². The first-order chi connectivity index (χ1) is 13.2. The number of hydrogen-bond acceptors (Lipinski definition) is 4. The van der Waals surface area contributed by atoms with Crippen LogP contribution in [0.25, 0.3) is 17.4 Å². The first kappa shape index (κ1) is 19.3. The minimum absolute atomic E-state index is 0.0264. The number of furan rings is 1. The molecule has 0 aliphatic rings. The third-order valence-corrected chi connectivity index (χ3v) is 4.42. The van der Waals surface area contributed by atoms with Gasteiger partial charge in [-0.05, 0) is 47.4 Å². The van der Waals surface area contributed by atoms with E-state index in [4.69, 9.17) is 4.42 Å². The Hall–Kier alpha value is -3.47. The molecule has 0 aliphatic carbocycles. The van der Waals surface area contributed by atoms with E-state index in [0.29, 0.717) is 17.1 Å². The van der Waals surface area contributed by atoms with Gasteiger partial charge in [-0.1, -0.05) is 45.0 Å². The summed E-state index contributed by atoms with van der Waals surface area (Å²) in [6.07, 6.45) is 3.10. The van der Waals surface area contributed by atoms with Crippen LogP contribution in [-0.4, -0.2) is 10.7 Å². The number of nitro benzene ring substituents is 1. The highest BCUT2D eigenvalue weighted by molar-refractivity contribution is 6.06. The van der Waals surface area contributed by atoms with Gasteiger partial charge in [0.25, 0.3) is 5.69 Å². The second kappa shape index (κ2) is 7.64. The highest BCUT2D eigenvalue weighted by Crippen LogP contribution is 2.25. The molecule has 3 aromatic rings. The van der Waals surface area contributed by atoms with Crippen molar-refractivity contribution in [3.8, 4) is 11.3 Å². The molecule has 0 atom stereocenters. The van der Waals surface area contributed by atoms with Crippen molar-refractivity contribution in [1.29, 1.82) is 0 Å². The maximum atomic E-state index is 12.4. The van der Waals surface area contributed by atoms with Crippen molar-refractivity contribution < 1.29 is 14.1 Å². The molecule has 1 heterocycles. The number of carbonyl (C=O) groups excluding carboxylic acids is 1. The van der Waals surface area contributed by atoms with Crippen LogP contribution in [0.2, 0.25) is 0 Å². The van der Waals surface area contributed by atoms with E-state index in [1.165, 1.54) is 23.8 Å². The number of hydrogen-bond donors (Lipinski definition) is 0. The molecular formula is C23H21NO4. The molecular weight excluding hydrogens is 354 g/mol. The summed E-state index contributed by atoms with van der Waals surface area (Å²) in [6, 6.07) is 17.2. The molecule has 0 unspecified atom stereocenters. The lowest BCUT2D eigenvalue weighted by atomic mass is 9.86. The van der Waals surface area contributed by atoms with Gasteiger partial charge in [-0.2, -0.15) is 0 Å². The number of rotatable bonds is 5. The minimum Gasteiger partial charge on any atom is -0.457 e. The number of benzene rings is 2. The Morgan fingerprint density at radius 1 is 0.964 bits per heavy atom. The molecule has 28 heavy (non-hydrogen) atoms. The lowest BCUT2D eigenvalue weighted by Gasteiger charge is -2.18. The number of nitrogens with zero attached hydrogens (tertiary/aromatic N) is 1. The molecule has 0 aliphatic heterocycles. The maximum absolute atomic E-state index is 12.4. The molecule has 0 amide bonds. The van der Waals surface area contributed by atoms with Gasteiger partial charge in [0.1, 0.15) is 11.5 Å². The molecule has 5 heteroatoms. The van der Waals surface area contributed by atoms with Crippen LogP contribution in [0.4, 0.5) is 5.69 Å². The van der Waals surface area contributed by atoms with Crippen molar-refractivity contribution in [3.63, 3.8) is 0 Å². The van der Waals surface area contributed by atoms with E-state index >= 15 is 0 Å². The Morgan fingerprint density at radius 3 is 2.18 bits per heavy atom. The number of allylic oxidation sites excluding steroid dienone is 1. The summed E-state index contributed by atoms with van der Waals surface area (Å²) in [4.78, 5) is 22.6. The van der Waals surface area contributed by atoms with E-state index in [-0.39, 0.29) is 16.9 Å². The summed E-state index contributed by atoms with van der Waals surface area (Å²) in [5, 5.41) is 10.7. The fourth-order valence-corrected chi connectivity index (χ4v) is 2.73. The molecule has 0 saturated carbocycles. The van der Waals surface area contributed by atoms with Gasteiger partial charge in [-0.15, -0.1) is 0 Å². The summed E-state index contributed by atoms with van der Waals surface area (Å²) in [5.41, 5.74) is 2.59. The first-order valence-corrected chi connectivity index (χ1v) is 8.92. The zero-order chi connectivity index (χ0) is 20.3. The van der Waals surface area contributed by atoms with Gasteiger partial charge in [0.2, 0.25) is 0 Å². The molecule has 1 aromatic heterocycles. The monoisotopic (exact) mass is 375 g/mol. The molecule has 5 nitrogen and oxygen atoms in total. The van der Waals surface area contributed by atoms with Crippen molar-refractivity contribution >= 4 is 17.5 Å². The van der Waals surface area contributed by atoms with E-state index in [1.54, 1.807) is 30.3 Å². The number of carbonyl (C=O) groups is 1. The van der Waals surface area contributed by atoms with Crippen LogP contribution in [0.3, 0.4) is 0 Å². The van der Waals surface area contributed by atoms with Crippen molar-refractivity contribution in [1.82, 2.24) is 0 Å². The summed E-state index contributed by atoms with van der Waals surface area (Å²) in [5.74, 6) is 1.01. The van der Waals surface area contributed by atoms with Crippen LogP contribution in [-0.2, 0) is 5.41 Å². The Kier molecular flexibility index (Phi) is 5.27. The molecule has 0 N–H and O–H groups in total. The molecule has 0 bridgehead atoms. The summed E-state index contributed by atoms with van der Waals surface area (Å²) < 4.78 is 5.71. The van der Waals surface area contributed by atoms with Crippen molar-refractivity contribution in [2.24, 2.45) is 0 Å². The Labute approximate surface area is 163 Å². The summed E-state index contributed by atoms with van der Waals surface area (Å²) in [7, 11) is 0. The smallest absolute Gasteiger partial charge is 0.269 e. The summed E-state index contributed by atoms with van der Waals surface area (Å²) >= 11 is 0. The normalized spacial score (nSPS) is 11.7. The minimum atomic E-state index is -0.445. The van der Waals surface area contributed by atoms with Crippen LogP contribution in [0.15, 0.2) is 71.2 Å². The van der Waals surface area contributed by atoms with E-state index in [1.807, 2.05) is 24.3 Å². The van der Waals surface area contributed by atoms with Gasteiger partial charge in [0.15, 0.2) is 5.78 Å². The SMILES string of the molecule is CC(C)(C)c1ccc(C(=O)/C=C/c2ccc(-c3ccc([N+](=O)[O-])cc3)o2)cc1. The van der Waals surface area contributed by atoms with Crippen LogP contribution >= 0.6 is 0 Å². The molecule has 142 valence electrons. The number of ketones is 1. The van der Waals surface area contributed by atoms with Crippen LogP contribution < -0.4 is 0 Å². The van der Waals surface area contributed by atoms with E-state index in [9.17, 15) is 14.9 Å². The molecule has 2 aromatic carbocycles. The maximum Gasteiger partial charge on any atom is 0.269 e. The predicted molar refractivity (Wildman–Crippen MR) is 109 cm³/mol. The number of non-ortho nitro benzene ring substituents is 1.